The first-order valence-corrected chi connectivity index (χ1v) is 2.90. The van der Waals surface area contributed by atoms with Gasteiger partial charge in [0, 0.05) is 7.05 Å². The Morgan fingerprint density at radius 1 is 1.40 bits per heavy atom. The van der Waals surface area contributed by atoms with Crippen LogP contribution in [0, 0.1) is 0 Å². The first kappa shape index (κ1) is 6.80. The predicted molar refractivity (Wildman–Crippen MR) is 38.1 cm³/mol. The van der Waals surface area contributed by atoms with Crippen molar-refractivity contribution in [2.45, 2.75) is 0 Å². The lowest BCUT2D eigenvalue weighted by molar-refractivity contribution is 0.396. The highest BCUT2D eigenvalue weighted by molar-refractivity contribution is 5.30. The second-order valence-corrected chi connectivity index (χ2v) is 1.69. The third-order valence-corrected chi connectivity index (χ3v) is 1.09. The standard InChI is InChI=1S/C6H9N3O/c1-7-5-3-9-6(10-2)4-8-5/h3-4H,1-2H3,(H,7,8). The zero-order valence-electron chi connectivity index (χ0n) is 5.96. The largest absolute Gasteiger partial charge is 0.480 e. The molecule has 1 aromatic heterocycles. The minimum absolute atomic E-state index is 0.527. The molecule has 0 saturated heterocycles. The van der Waals surface area contributed by atoms with Crippen molar-refractivity contribution in [2.75, 3.05) is 19.5 Å². The number of anilines is 1. The molecule has 54 valence electrons. The van der Waals surface area contributed by atoms with Gasteiger partial charge in [0.1, 0.15) is 5.82 Å². The van der Waals surface area contributed by atoms with E-state index in [2.05, 4.69) is 15.3 Å². The summed E-state index contributed by atoms with van der Waals surface area (Å²) >= 11 is 0. The summed E-state index contributed by atoms with van der Waals surface area (Å²) in [7, 11) is 3.35. The van der Waals surface area contributed by atoms with Gasteiger partial charge in [0.2, 0.25) is 5.88 Å². The van der Waals surface area contributed by atoms with Crippen LogP contribution in [0.15, 0.2) is 12.4 Å². The van der Waals surface area contributed by atoms with Crippen molar-refractivity contribution in [3.63, 3.8) is 0 Å². The first-order chi connectivity index (χ1) is 4.86. The maximum Gasteiger partial charge on any atom is 0.232 e. The normalized spacial score (nSPS) is 9.00. The molecule has 0 bridgehead atoms. The molecule has 10 heavy (non-hydrogen) atoms. The molecule has 1 heterocycles. The van der Waals surface area contributed by atoms with Gasteiger partial charge in [-0.05, 0) is 0 Å². The quantitative estimate of drug-likeness (QED) is 0.649. The smallest absolute Gasteiger partial charge is 0.232 e. The van der Waals surface area contributed by atoms with Crippen molar-refractivity contribution in [1.29, 1.82) is 0 Å². The first-order valence-electron chi connectivity index (χ1n) is 2.90. The number of aromatic nitrogens is 2. The molecule has 4 heteroatoms. The molecule has 0 fully saturated rings. The molecule has 0 unspecified atom stereocenters. The lowest BCUT2D eigenvalue weighted by Gasteiger charge is -1.98. The summed E-state index contributed by atoms with van der Waals surface area (Å²) in [6.45, 7) is 0. The average Bonchev–Trinajstić information content (AvgIpc) is 2.05. The number of nitrogens with one attached hydrogen (secondary N) is 1. The number of hydrogen-bond donors (Lipinski definition) is 1. The van der Waals surface area contributed by atoms with Crippen LogP contribution in [-0.4, -0.2) is 24.1 Å². The zero-order valence-corrected chi connectivity index (χ0v) is 5.96. The summed E-state index contributed by atoms with van der Waals surface area (Å²) in [4.78, 5) is 7.89. The minimum atomic E-state index is 0.527. The van der Waals surface area contributed by atoms with E-state index in [-0.39, 0.29) is 0 Å². The van der Waals surface area contributed by atoms with Gasteiger partial charge in [-0.2, -0.15) is 0 Å². The molecule has 1 N–H and O–H groups in total. The topological polar surface area (TPSA) is 47.0 Å². The highest BCUT2D eigenvalue weighted by Crippen LogP contribution is 2.04. The molecule has 0 radical (unpaired) electrons. The highest BCUT2D eigenvalue weighted by Gasteiger charge is 1.91. The summed E-state index contributed by atoms with van der Waals surface area (Å²) in [6.07, 6.45) is 3.17. The van der Waals surface area contributed by atoms with Crippen LogP contribution in [0.25, 0.3) is 0 Å². The van der Waals surface area contributed by atoms with Gasteiger partial charge in [0.15, 0.2) is 0 Å². The Balaban J connectivity index is 2.80. The van der Waals surface area contributed by atoms with E-state index < -0.39 is 0 Å². The highest BCUT2D eigenvalue weighted by atomic mass is 16.5. The molecule has 4 nitrogen and oxygen atoms in total. The zero-order chi connectivity index (χ0) is 7.40. The van der Waals surface area contributed by atoms with Crippen molar-refractivity contribution in [2.24, 2.45) is 0 Å². The van der Waals surface area contributed by atoms with Crippen molar-refractivity contribution in [1.82, 2.24) is 9.97 Å². The van der Waals surface area contributed by atoms with Gasteiger partial charge in [-0.25, -0.2) is 9.97 Å². The van der Waals surface area contributed by atoms with E-state index in [4.69, 9.17) is 4.74 Å². The summed E-state index contributed by atoms with van der Waals surface area (Å²) < 4.78 is 4.81. The van der Waals surface area contributed by atoms with Gasteiger partial charge < -0.3 is 10.1 Å². The molecule has 1 rings (SSSR count). The van der Waals surface area contributed by atoms with Gasteiger partial charge in [-0.1, -0.05) is 0 Å². The van der Waals surface area contributed by atoms with Crippen LogP contribution in [0.1, 0.15) is 0 Å². The minimum Gasteiger partial charge on any atom is -0.480 e. The molecular formula is C6H9N3O. The summed E-state index contributed by atoms with van der Waals surface area (Å²) in [5.74, 6) is 1.26. The van der Waals surface area contributed by atoms with E-state index in [0.29, 0.717) is 5.88 Å². The Morgan fingerprint density at radius 2 is 2.20 bits per heavy atom. The van der Waals surface area contributed by atoms with Crippen LogP contribution >= 0.6 is 0 Å². The molecule has 0 aliphatic rings. The lowest BCUT2D eigenvalue weighted by Crippen LogP contribution is -1.94. The molecule has 0 amide bonds. The number of ether oxygens (including phenoxy) is 1. The second-order valence-electron chi connectivity index (χ2n) is 1.69. The number of methoxy groups -OCH3 is 1. The monoisotopic (exact) mass is 139 g/mol. The summed E-state index contributed by atoms with van der Waals surface area (Å²) in [6, 6.07) is 0. The fraction of sp³-hybridized carbons (Fsp3) is 0.333. The molecule has 0 atom stereocenters. The van der Waals surface area contributed by atoms with E-state index >= 15 is 0 Å². The van der Waals surface area contributed by atoms with Crippen LogP contribution in [-0.2, 0) is 0 Å². The van der Waals surface area contributed by atoms with Gasteiger partial charge in [0.25, 0.3) is 0 Å². The van der Waals surface area contributed by atoms with Crippen LogP contribution < -0.4 is 10.1 Å². The van der Waals surface area contributed by atoms with Crippen molar-refractivity contribution in [3.8, 4) is 5.88 Å². The Bertz CT molecular complexity index is 174. The van der Waals surface area contributed by atoms with E-state index in [1.807, 2.05) is 0 Å². The maximum atomic E-state index is 4.81. The maximum absolute atomic E-state index is 4.81. The van der Waals surface area contributed by atoms with Crippen molar-refractivity contribution < 1.29 is 4.74 Å². The van der Waals surface area contributed by atoms with Gasteiger partial charge in [-0.3, -0.25) is 0 Å². The Kier molecular flexibility index (Phi) is 2.04. The fourth-order valence-electron chi connectivity index (χ4n) is 0.551. The number of nitrogens with zero attached hydrogens (tertiary/aromatic N) is 2. The predicted octanol–water partition coefficient (Wildman–Crippen LogP) is 0.527. The van der Waals surface area contributed by atoms with Gasteiger partial charge in [-0.15, -0.1) is 0 Å². The fourth-order valence-corrected chi connectivity index (χ4v) is 0.551. The van der Waals surface area contributed by atoms with E-state index in [1.165, 1.54) is 0 Å². The molecular weight excluding hydrogens is 130 g/mol. The van der Waals surface area contributed by atoms with Crippen LogP contribution in [0.5, 0.6) is 5.88 Å². The number of rotatable bonds is 2. The van der Waals surface area contributed by atoms with Gasteiger partial charge in [0.05, 0.1) is 19.5 Å². The average molecular weight is 139 g/mol. The summed E-state index contributed by atoms with van der Waals surface area (Å²) in [5, 5.41) is 2.85. The van der Waals surface area contributed by atoms with E-state index in [0.717, 1.165) is 5.82 Å². The van der Waals surface area contributed by atoms with E-state index in [9.17, 15) is 0 Å². The molecule has 0 saturated carbocycles. The van der Waals surface area contributed by atoms with E-state index in [1.54, 1.807) is 26.6 Å². The van der Waals surface area contributed by atoms with Crippen molar-refractivity contribution >= 4 is 5.82 Å². The Labute approximate surface area is 59.3 Å². The lowest BCUT2D eigenvalue weighted by atomic mass is 10.6. The third kappa shape index (κ3) is 1.34. The third-order valence-electron chi connectivity index (χ3n) is 1.09. The SMILES string of the molecule is CNc1cnc(OC)cn1. The Morgan fingerprint density at radius 3 is 2.60 bits per heavy atom. The Hall–Kier alpha value is -1.32. The van der Waals surface area contributed by atoms with Crippen LogP contribution in [0.3, 0.4) is 0 Å². The van der Waals surface area contributed by atoms with Crippen LogP contribution in [0.4, 0.5) is 5.82 Å². The van der Waals surface area contributed by atoms with Crippen LogP contribution in [0.2, 0.25) is 0 Å². The second kappa shape index (κ2) is 3.00. The van der Waals surface area contributed by atoms with Gasteiger partial charge >= 0.3 is 0 Å². The molecule has 0 spiro atoms. The molecule has 1 aromatic rings. The molecule has 0 aromatic carbocycles. The number of hydrogen-bond acceptors (Lipinski definition) is 4. The van der Waals surface area contributed by atoms with Crippen molar-refractivity contribution in [3.05, 3.63) is 12.4 Å². The molecule has 0 aliphatic heterocycles. The molecule has 0 aliphatic carbocycles. The summed E-state index contributed by atoms with van der Waals surface area (Å²) in [5.41, 5.74) is 0.